The first-order chi connectivity index (χ1) is 9.58. The summed E-state index contributed by atoms with van der Waals surface area (Å²) in [5, 5.41) is 11.3. The van der Waals surface area contributed by atoms with Crippen LogP contribution in [-0.4, -0.2) is 52.6 Å². The molecule has 0 spiro atoms. The zero-order valence-corrected chi connectivity index (χ0v) is 12.1. The average molecular weight is 281 g/mol. The van der Waals surface area contributed by atoms with Crippen LogP contribution in [0.1, 0.15) is 30.3 Å². The summed E-state index contributed by atoms with van der Waals surface area (Å²) >= 11 is 0. The lowest BCUT2D eigenvalue weighted by Crippen LogP contribution is -2.41. The summed E-state index contributed by atoms with van der Waals surface area (Å²) in [7, 11) is 1.75. The second-order valence-electron chi connectivity index (χ2n) is 4.73. The highest BCUT2D eigenvalue weighted by molar-refractivity contribution is 6.04. The number of nitrogens with one attached hydrogen (secondary N) is 1. The number of aliphatic hydroxyl groups is 1. The van der Waals surface area contributed by atoms with Crippen molar-refractivity contribution < 1.29 is 14.7 Å². The van der Waals surface area contributed by atoms with E-state index < -0.39 is 5.91 Å². The van der Waals surface area contributed by atoms with Gasteiger partial charge in [0.1, 0.15) is 5.69 Å². The van der Waals surface area contributed by atoms with Crippen LogP contribution < -0.4 is 5.32 Å². The van der Waals surface area contributed by atoms with Crippen molar-refractivity contribution in [2.24, 2.45) is 7.05 Å². The fraction of sp³-hybridized carbons (Fsp3) is 0.571. The lowest BCUT2D eigenvalue weighted by molar-refractivity contribution is -0.121. The molecule has 0 aliphatic rings. The van der Waals surface area contributed by atoms with Gasteiger partial charge in [-0.3, -0.25) is 19.8 Å². The molecule has 0 unspecified atom stereocenters. The second kappa shape index (κ2) is 8.50. The number of carbonyl (C=O) groups is 2. The Kier molecular flexibility index (Phi) is 6.97. The Labute approximate surface area is 119 Å². The Balaban J connectivity index is 2.48. The van der Waals surface area contributed by atoms with E-state index in [1.54, 1.807) is 29.9 Å². The van der Waals surface area contributed by atoms with Crippen LogP contribution in [0.15, 0.2) is 18.3 Å². The molecule has 0 radical (unpaired) electrons. The summed E-state index contributed by atoms with van der Waals surface area (Å²) in [5.41, 5.74) is 0.445. The first-order valence-corrected chi connectivity index (χ1v) is 6.87. The van der Waals surface area contributed by atoms with E-state index in [2.05, 4.69) is 12.2 Å². The van der Waals surface area contributed by atoms with Gasteiger partial charge in [0.05, 0.1) is 13.2 Å². The Morgan fingerprint density at radius 1 is 1.40 bits per heavy atom. The minimum atomic E-state index is -0.401. The van der Waals surface area contributed by atoms with Gasteiger partial charge < -0.3 is 9.67 Å². The molecule has 0 fully saturated rings. The average Bonchev–Trinajstić information content (AvgIpc) is 2.82. The largest absolute Gasteiger partial charge is 0.395 e. The van der Waals surface area contributed by atoms with Crippen LogP contribution in [0.25, 0.3) is 0 Å². The summed E-state index contributed by atoms with van der Waals surface area (Å²) in [6.07, 6.45) is 3.73. The summed E-state index contributed by atoms with van der Waals surface area (Å²) in [5.74, 6) is -0.748. The molecule has 0 saturated carbocycles. The number of nitrogens with zero attached hydrogens (tertiary/aromatic N) is 2. The SMILES string of the molecule is CCCCN(CCO)CC(=O)NC(=O)c1cccn1C. The van der Waals surface area contributed by atoms with Gasteiger partial charge in [0.25, 0.3) is 5.91 Å². The summed E-state index contributed by atoms with van der Waals surface area (Å²) < 4.78 is 1.66. The van der Waals surface area contributed by atoms with Crippen molar-refractivity contribution in [1.29, 1.82) is 0 Å². The molecule has 6 heteroatoms. The van der Waals surface area contributed by atoms with Crippen molar-refractivity contribution in [2.75, 3.05) is 26.2 Å². The molecule has 2 N–H and O–H groups in total. The van der Waals surface area contributed by atoms with Crippen LogP contribution in [0, 0.1) is 0 Å². The highest BCUT2D eigenvalue weighted by Crippen LogP contribution is 1.99. The molecule has 1 rings (SSSR count). The van der Waals surface area contributed by atoms with Gasteiger partial charge in [-0.15, -0.1) is 0 Å². The van der Waals surface area contributed by atoms with E-state index in [9.17, 15) is 9.59 Å². The van der Waals surface area contributed by atoms with E-state index in [0.717, 1.165) is 19.4 Å². The predicted octanol–water partition coefficient (Wildman–Crippen LogP) is 0.376. The molecule has 0 aromatic carbocycles. The van der Waals surface area contributed by atoms with E-state index in [1.165, 1.54) is 0 Å². The molecule has 0 bridgehead atoms. The number of rotatable bonds is 8. The molecule has 0 aliphatic heterocycles. The molecule has 20 heavy (non-hydrogen) atoms. The fourth-order valence-corrected chi connectivity index (χ4v) is 1.92. The smallest absolute Gasteiger partial charge is 0.274 e. The third kappa shape index (κ3) is 5.14. The van der Waals surface area contributed by atoms with E-state index in [-0.39, 0.29) is 19.1 Å². The monoisotopic (exact) mass is 281 g/mol. The van der Waals surface area contributed by atoms with Crippen molar-refractivity contribution in [2.45, 2.75) is 19.8 Å². The van der Waals surface area contributed by atoms with Gasteiger partial charge in [-0.2, -0.15) is 0 Å². The number of hydrogen-bond acceptors (Lipinski definition) is 4. The lowest BCUT2D eigenvalue weighted by atomic mass is 10.3. The van der Waals surface area contributed by atoms with Gasteiger partial charge in [-0.25, -0.2) is 0 Å². The lowest BCUT2D eigenvalue weighted by Gasteiger charge is -2.20. The molecule has 0 aliphatic carbocycles. The van der Waals surface area contributed by atoms with Gasteiger partial charge in [0, 0.05) is 19.8 Å². The molecule has 2 amide bonds. The van der Waals surface area contributed by atoms with Crippen molar-refractivity contribution in [3.05, 3.63) is 24.0 Å². The number of imide groups is 1. The molecule has 1 heterocycles. The normalized spacial score (nSPS) is 10.8. The molecule has 1 aromatic heterocycles. The molecule has 112 valence electrons. The van der Waals surface area contributed by atoms with E-state index in [1.807, 2.05) is 4.90 Å². The van der Waals surface area contributed by atoms with Gasteiger partial charge in [-0.05, 0) is 25.1 Å². The first-order valence-electron chi connectivity index (χ1n) is 6.87. The number of hydrogen-bond donors (Lipinski definition) is 2. The van der Waals surface area contributed by atoms with Crippen molar-refractivity contribution in [3.63, 3.8) is 0 Å². The summed E-state index contributed by atoms with van der Waals surface area (Å²) in [6.45, 7) is 3.37. The van der Waals surface area contributed by atoms with Crippen LogP contribution in [0.4, 0.5) is 0 Å². The summed E-state index contributed by atoms with van der Waals surface area (Å²) in [6, 6.07) is 3.41. The van der Waals surface area contributed by atoms with Gasteiger partial charge >= 0.3 is 0 Å². The van der Waals surface area contributed by atoms with Gasteiger partial charge in [0.2, 0.25) is 5.91 Å². The predicted molar refractivity (Wildman–Crippen MR) is 76.3 cm³/mol. The third-order valence-corrected chi connectivity index (χ3v) is 3.04. The molecular weight excluding hydrogens is 258 g/mol. The van der Waals surface area contributed by atoms with Crippen molar-refractivity contribution in [1.82, 2.24) is 14.8 Å². The van der Waals surface area contributed by atoms with Crippen LogP contribution >= 0.6 is 0 Å². The number of aryl methyl sites for hydroxylation is 1. The number of aromatic nitrogens is 1. The Bertz CT molecular complexity index is 443. The van der Waals surface area contributed by atoms with Gasteiger partial charge in [-0.1, -0.05) is 13.3 Å². The second-order valence-corrected chi connectivity index (χ2v) is 4.73. The van der Waals surface area contributed by atoms with Crippen LogP contribution in [-0.2, 0) is 11.8 Å². The zero-order valence-electron chi connectivity index (χ0n) is 12.1. The first kappa shape index (κ1) is 16.4. The molecule has 6 nitrogen and oxygen atoms in total. The molecule has 0 saturated heterocycles. The number of carbonyl (C=O) groups excluding carboxylic acids is 2. The number of amides is 2. The van der Waals surface area contributed by atoms with Crippen LogP contribution in [0.5, 0.6) is 0 Å². The Morgan fingerprint density at radius 2 is 2.15 bits per heavy atom. The Hall–Kier alpha value is -1.66. The maximum absolute atomic E-state index is 11.9. The molecule has 0 atom stereocenters. The van der Waals surface area contributed by atoms with Crippen molar-refractivity contribution in [3.8, 4) is 0 Å². The quantitative estimate of drug-likeness (QED) is 0.722. The standard InChI is InChI=1S/C14H23N3O3/c1-3-4-8-17(9-10-18)11-13(19)15-14(20)12-6-5-7-16(12)2/h5-7,18H,3-4,8-11H2,1-2H3,(H,15,19,20). The summed E-state index contributed by atoms with van der Waals surface area (Å²) in [4.78, 5) is 25.6. The van der Waals surface area contributed by atoms with Crippen molar-refractivity contribution >= 4 is 11.8 Å². The van der Waals surface area contributed by atoms with Crippen LogP contribution in [0.2, 0.25) is 0 Å². The minimum absolute atomic E-state index is 0.00273. The topological polar surface area (TPSA) is 74.6 Å². The van der Waals surface area contributed by atoms with E-state index in [0.29, 0.717) is 12.2 Å². The maximum atomic E-state index is 11.9. The highest BCUT2D eigenvalue weighted by Gasteiger charge is 2.15. The Morgan fingerprint density at radius 3 is 2.70 bits per heavy atom. The van der Waals surface area contributed by atoms with E-state index >= 15 is 0 Å². The zero-order chi connectivity index (χ0) is 15.0. The van der Waals surface area contributed by atoms with E-state index in [4.69, 9.17) is 5.11 Å². The third-order valence-electron chi connectivity index (χ3n) is 3.04. The molecular formula is C14H23N3O3. The van der Waals surface area contributed by atoms with Crippen LogP contribution in [0.3, 0.4) is 0 Å². The fourth-order valence-electron chi connectivity index (χ4n) is 1.92. The molecule has 1 aromatic rings. The van der Waals surface area contributed by atoms with Gasteiger partial charge in [0.15, 0.2) is 0 Å². The maximum Gasteiger partial charge on any atom is 0.274 e. The highest BCUT2D eigenvalue weighted by atomic mass is 16.3. The number of aliphatic hydroxyl groups excluding tert-OH is 1. The minimum Gasteiger partial charge on any atom is -0.395 e. The number of unbranched alkanes of at least 4 members (excludes halogenated alkanes) is 1.